The highest BCUT2D eigenvalue weighted by Gasteiger charge is 2.22. The third-order valence-corrected chi connectivity index (χ3v) is 7.04. The molecule has 50 heavy (non-hydrogen) atoms. The lowest BCUT2D eigenvalue weighted by Crippen LogP contribution is -2.48. The van der Waals surface area contributed by atoms with Gasteiger partial charge in [0.15, 0.2) is 17.2 Å². The topological polar surface area (TPSA) is 307 Å². The molecule has 3 heterocycles. The first kappa shape index (κ1) is 40.1. The van der Waals surface area contributed by atoms with Crippen LogP contribution in [0.25, 0.3) is 0 Å². The van der Waals surface area contributed by atoms with Crippen LogP contribution in [0, 0.1) is 20.8 Å². The van der Waals surface area contributed by atoms with Crippen molar-refractivity contribution < 1.29 is 44.7 Å². The highest BCUT2D eigenvalue weighted by atomic mass is 16.6. The molecule has 1 unspecified atom stereocenters. The van der Waals surface area contributed by atoms with Gasteiger partial charge >= 0.3 is 6.16 Å². The number of aryl methyl sites for hydroxylation is 3. The van der Waals surface area contributed by atoms with Crippen molar-refractivity contribution in [3.63, 3.8) is 0 Å². The van der Waals surface area contributed by atoms with Gasteiger partial charge in [-0.3, -0.25) is 33.7 Å². The van der Waals surface area contributed by atoms with E-state index in [9.17, 15) is 44.1 Å². The average molecular weight is 704 g/mol. The Balaban J connectivity index is 0.00000205. The summed E-state index contributed by atoms with van der Waals surface area (Å²) in [7, 11) is 0. The first-order valence-corrected chi connectivity index (χ1v) is 15.2. The van der Waals surface area contributed by atoms with E-state index >= 15 is 0 Å². The number of hydrogen-bond donors (Lipinski definition) is 11. The van der Waals surface area contributed by atoms with Crippen molar-refractivity contribution in [1.29, 1.82) is 0 Å². The fourth-order valence-corrected chi connectivity index (χ4v) is 4.84. The van der Waals surface area contributed by atoms with E-state index in [2.05, 4.69) is 30.9 Å². The maximum Gasteiger partial charge on any atom is 0.503 e. The van der Waals surface area contributed by atoms with Gasteiger partial charge in [0.2, 0.25) is 0 Å². The van der Waals surface area contributed by atoms with Crippen LogP contribution in [0.2, 0.25) is 0 Å². The number of H-pyrrole nitrogens is 3. The Morgan fingerprint density at radius 2 is 1.02 bits per heavy atom. The van der Waals surface area contributed by atoms with Crippen LogP contribution >= 0.6 is 0 Å². The predicted molar refractivity (Wildman–Crippen MR) is 178 cm³/mol. The standard InChI is InChI=1S/C30H39N7O9.CH2O3/c1-5-6-18(36-27(43)21-13-17(4)35-30(46)24(21)40)14-37(9-7-31-25(41)19-11-15(2)33-28(44)22(19)38)10-8-32-26(42)20-12-16(3)34-29(45)23(20)39;2-1(3)4/h11-13,18,38-40H,5-10,14H2,1-4H3,(H,31,41)(H,32,42)(H,33,44)(H,34,45)(H,35,46)(H,36,43);(H2,2,3,4). The van der Waals surface area contributed by atoms with Crippen molar-refractivity contribution in [2.45, 2.75) is 46.6 Å². The molecule has 0 bridgehead atoms. The summed E-state index contributed by atoms with van der Waals surface area (Å²) in [6.45, 7) is 7.33. The monoisotopic (exact) mass is 703 g/mol. The molecular weight excluding hydrogens is 662 g/mol. The number of hydrogen-bond acceptors (Lipinski definition) is 11. The summed E-state index contributed by atoms with van der Waals surface area (Å²) in [6.07, 6.45) is -0.668. The van der Waals surface area contributed by atoms with E-state index < -0.39 is 63.8 Å². The first-order valence-electron chi connectivity index (χ1n) is 15.2. The molecule has 19 heteroatoms. The first-order chi connectivity index (χ1) is 23.4. The highest BCUT2D eigenvalue weighted by Crippen LogP contribution is 2.14. The molecule has 19 nitrogen and oxygen atoms in total. The summed E-state index contributed by atoms with van der Waals surface area (Å²) >= 11 is 0. The van der Waals surface area contributed by atoms with Gasteiger partial charge in [-0.15, -0.1) is 0 Å². The maximum absolute atomic E-state index is 13.1. The lowest BCUT2D eigenvalue weighted by Gasteiger charge is -2.28. The van der Waals surface area contributed by atoms with Gasteiger partial charge in [-0.05, 0) is 45.4 Å². The molecule has 0 aliphatic carbocycles. The van der Waals surface area contributed by atoms with Crippen LogP contribution in [0.3, 0.4) is 0 Å². The maximum atomic E-state index is 13.1. The number of carboxylic acid groups (broad SMARTS) is 2. The molecule has 11 N–H and O–H groups in total. The van der Waals surface area contributed by atoms with Crippen LogP contribution in [0.1, 0.15) is 67.9 Å². The molecule has 0 spiro atoms. The number of pyridine rings is 3. The minimum absolute atomic E-state index is 0.0486. The van der Waals surface area contributed by atoms with E-state index in [4.69, 9.17) is 15.0 Å². The van der Waals surface area contributed by atoms with Crippen molar-refractivity contribution in [2.24, 2.45) is 0 Å². The van der Waals surface area contributed by atoms with Gasteiger partial charge < -0.3 is 56.4 Å². The zero-order valence-electron chi connectivity index (χ0n) is 27.8. The minimum atomic E-state index is -1.83. The van der Waals surface area contributed by atoms with Crippen molar-refractivity contribution >= 4 is 23.9 Å². The molecular formula is C31H41N7O12. The second-order valence-electron chi connectivity index (χ2n) is 11.2. The Hall–Kier alpha value is -6.11. The molecule has 0 saturated carbocycles. The summed E-state index contributed by atoms with van der Waals surface area (Å²) in [5.74, 6) is -4.17. The summed E-state index contributed by atoms with van der Waals surface area (Å²) < 4.78 is 0. The largest absolute Gasteiger partial charge is 0.503 e. The number of carbonyl (C=O) groups excluding carboxylic acids is 3. The number of carbonyl (C=O) groups is 4. The number of nitrogens with zero attached hydrogens (tertiary/aromatic N) is 1. The van der Waals surface area contributed by atoms with Gasteiger partial charge in [-0.1, -0.05) is 13.3 Å². The SMILES string of the molecule is CCCC(CN(CCNC(=O)c1cc(C)[nH]c(=O)c1O)CCNC(=O)c1cc(C)[nH]c(=O)c1O)NC(=O)c1cc(C)[nH]c(=O)c1O.O=C(O)O. The summed E-state index contributed by atoms with van der Waals surface area (Å²) in [4.78, 5) is 91.9. The zero-order valence-corrected chi connectivity index (χ0v) is 27.8. The van der Waals surface area contributed by atoms with Crippen LogP contribution in [-0.2, 0) is 0 Å². The minimum Gasteiger partial charge on any atom is -0.502 e. The number of aromatic hydroxyl groups is 3. The second kappa shape index (κ2) is 18.4. The molecule has 0 aliphatic heterocycles. The van der Waals surface area contributed by atoms with E-state index in [1.54, 1.807) is 20.8 Å². The number of aromatic nitrogens is 3. The van der Waals surface area contributed by atoms with Crippen LogP contribution in [-0.4, -0.2) is 108 Å². The molecule has 1 atom stereocenters. The van der Waals surface area contributed by atoms with E-state index in [1.165, 1.54) is 18.2 Å². The highest BCUT2D eigenvalue weighted by molar-refractivity contribution is 5.98. The Kier molecular flexibility index (Phi) is 14.8. The van der Waals surface area contributed by atoms with E-state index in [0.717, 1.165) is 0 Å². The van der Waals surface area contributed by atoms with Gasteiger partial charge in [-0.25, -0.2) is 4.79 Å². The number of rotatable bonds is 14. The molecule has 3 aromatic rings. The van der Waals surface area contributed by atoms with Gasteiger partial charge in [0.1, 0.15) is 0 Å². The van der Waals surface area contributed by atoms with E-state index in [0.29, 0.717) is 29.9 Å². The zero-order chi connectivity index (χ0) is 37.7. The third kappa shape index (κ3) is 11.8. The lowest BCUT2D eigenvalue weighted by molar-refractivity contribution is 0.0917. The Bertz CT molecular complexity index is 1800. The van der Waals surface area contributed by atoms with Gasteiger partial charge in [-0.2, -0.15) is 0 Å². The van der Waals surface area contributed by atoms with Gasteiger partial charge in [0, 0.05) is 55.8 Å². The van der Waals surface area contributed by atoms with Crippen molar-refractivity contribution in [1.82, 2.24) is 35.8 Å². The van der Waals surface area contributed by atoms with Crippen molar-refractivity contribution in [3.8, 4) is 17.2 Å². The predicted octanol–water partition coefficient (Wildman–Crippen LogP) is 0.0765. The molecule has 0 fully saturated rings. The summed E-state index contributed by atoms with van der Waals surface area (Å²) in [6, 6.07) is 3.55. The lowest BCUT2D eigenvalue weighted by atomic mass is 10.1. The van der Waals surface area contributed by atoms with Crippen molar-refractivity contribution in [2.75, 3.05) is 32.7 Å². The van der Waals surface area contributed by atoms with E-state index in [-0.39, 0.29) is 49.4 Å². The molecule has 0 aliphatic rings. The normalized spacial score (nSPS) is 11.2. The summed E-state index contributed by atoms with van der Waals surface area (Å²) in [5, 5.41) is 52.4. The quantitative estimate of drug-likeness (QED) is 0.106. The smallest absolute Gasteiger partial charge is 0.502 e. The van der Waals surface area contributed by atoms with Gasteiger partial charge in [0.05, 0.1) is 16.7 Å². The number of amides is 3. The Labute approximate surface area is 284 Å². The molecule has 3 aromatic heterocycles. The second-order valence-corrected chi connectivity index (χ2v) is 11.2. The molecule has 3 rings (SSSR count). The van der Waals surface area contributed by atoms with Crippen LogP contribution in [0.5, 0.6) is 17.2 Å². The molecule has 0 aromatic carbocycles. The van der Waals surface area contributed by atoms with E-state index in [1.807, 2.05) is 11.8 Å². The Morgan fingerprint density at radius 3 is 1.36 bits per heavy atom. The van der Waals surface area contributed by atoms with Gasteiger partial charge in [0.25, 0.3) is 34.4 Å². The van der Waals surface area contributed by atoms with Crippen molar-refractivity contribution in [3.05, 3.63) is 83.0 Å². The molecule has 272 valence electrons. The van der Waals surface area contributed by atoms with Crippen LogP contribution < -0.4 is 32.6 Å². The van der Waals surface area contributed by atoms with Crippen LogP contribution in [0.15, 0.2) is 32.6 Å². The molecule has 3 amide bonds. The summed E-state index contributed by atoms with van der Waals surface area (Å²) in [5.41, 5.74) is -1.83. The Morgan fingerprint density at radius 1 is 0.680 bits per heavy atom. The molecule has 0 saturated heterocycles. The average Bonchev–Trinajstić information content (AvgIpc) is 3.01. The molecule has 0 radical (unpaired) electrons. The fraction of sp³-hybridized carbons (Fsp3) is 0.387. The fourth-order valence-electron chi connectivity index (χ4n) is 4.84. The number of nitrogens with one attached hydrogen (secondary N) is 6. The van der Waals surface area contributed by atoms with Crippen LogP contribution in [0.4, 0.5) is 4.79 Å². The number of aromatic amines is 3. The third-order valence-electron chi connectivity index (χ3n) is 7.04.